The third-order valence-corrected chi connectivity index (χ3v) is 2.71. The van der Waals surface area contributed by atoms with E-state index in [1.54, 1.807) is 38.5 Å². The van der Waals surface area contributed by atoms with Crippen molar-refractivity contribution < 1.29 is 9.18 Å². The molecule has 0 aliphatic carbocycles. The molecule has 94 valence electrons. The van der Waals surface area contributed by atoms with Crippen molar-refractivity contribution in [2.24, 2.45) is 0 Å². The molecule has 2 aromatic rings. The largest absolute Gasteiger partial charge is 0.347 e. The maximum atomic E-state index is 13.8. The maximum Gasteiger partial charge on any atom is 0.256 e. The van der Waals surface area contributed by atoms with Gasteiger partial charge in [-0.3, -0.25) is 4.79 Å². The Bertz CT molecular complexity index is 551. The number of hydrogen-bond donors (Lipinski definition) is 1. The first-order chi connectivity index (χ1) is 8.59. The molecular formula is C13H14FN3O. The van der Waals surface area contributed by atoms with Crippen LogP contribution in [0.2, 0.25) is 0 Å². The molecule has 0 fully saturated rings. The second-order valence-corrected chi connectivity index (χ2v) is 4.13. The summed E-state index contributed by atoms with van der Waals surface area (Å²) in [5.74, 6) is -0.152. The Balaban J connectivity index is 2.18. The molecule has 1 heterocycles. The van der Waals surface area contributed by atoms with Crippen molar-refractivity contribution in [2.75, 3.05) is 7.05 Å². The van der Waals surface area contributed by atoms with Crippen molar-refractivity contribution in [1.82, 2.24) is 14.9 Å². The van der Waals surface area contributed by atoms with Gasteiger partial charge < -0.3 is 9.88 Å². The Morgan fingerprint density at radius 1 is 1.50 bits per heavy atom. The van der Waals surface area contributed by atoms with E-state index in [1.807, 2.05) is 0 Å². The van der Waals surface area contributed by atoms with Crippen molar-refractivity contribution in [3.05, 3.63) is 53.4 Å². The Morgan fingerprint density at radius 3 is 2.94 bits per heavy atom. The van der Waals surface area contributed by atoms with Crippen LogP contribution in [0.25, 0.3) is 0 Å². The molecule has 0 bridgehead atoms. The normalized spacial score (nSPS) is 10.4. The first-order valence-electron chi connectivity index (χ1n) is 5.58. The summed E-state index contributed by atoms with van der Waals surface area (Å²) in [5, 5.41) is 0. The molecule has 0 saturated carbocycles. The van der Waals surface area contributed by atoms with Crippen LogP contribution in [0.1, 0.15) is 21.7 Å². The highest BCUT2D eigenvalue weighted by Crippen LogP contribution is 2.14. The van der Waals surface area contributed by atoms with Gasteiger partial charge in [0.15, 0.2) is 0 Å². The number of carbonyl (C=O) groups is 1. The smallest absolute Gasteiger partial charge is 0.256 e. The van der Waals surface area contributed by atoms with Gasteiger partial charge in [-0.1, -0.05) is 12.1 Å². The Labute approximate surface area is 104 Å². The molecule has 18 heavy (non-hydrogen) atoms. The van der Waals surface area contributed by atoms with E-state index in [4.69, 9.17) is 0 Å². The van der Waals surface area contributed by atoms with Gasteiger partial charge in [0, 0.05) is 19.4 Å². The molecule has 1 aromatic carbocycles. The van der Waals surface area contributed by atoms with Crippen LogP contribution in [0.5, 0.6) is 0 Å². The summed E-state index contributed by atoms with van der Waals surface area (Å²) in [6, 6.07) is 4.80. The van der Waals surface area contributed by atoms with E-state index in [1.165, 1.54) is 11.0 Å². The third-order valence-electron chi connectivity index (χ3n) is 2.71. The van der Waals surface area contributed by atoms with Gasteiger partial charge in [0.05, 0.1) is 12.1 Å². The number of halogens is 1. The lowest BCUT2D eigenvalue weighted by molar-refractivity contribution is 0.0777. The molecule has 4 nitrogen and oxygen atoms in total. The first-order valence-corrected chi connectivity index (χ1v) is 5.58. The van der Waals surface area contributed by atoms with E-state index < -0.39 is 5.82 Å². The quantitative estimate of drug-likeness (QED) is 0.903. The predicted molar refractivity (Wildman–Crippen MR) is 65.5 cm³/mol. The molecule has 2 rings (SSSR count). The SMILES string of the molecule is Cc1cccc(C(=O)N(C)Cc2ncc[nH]2)c1F. The molecule has 1 aromatic heterocycles. The van der Waals surface area contributed by atoms with Crippen LogP contribution in [0, 0.1) is 12.7 Å². The highest BCUT2D eigenvalue weighted by Gasteiger charge is 2.17. The number of rotatable bonds is 3. The number of H-pyrrole nitrogens is 1. The minimum absolute atomic E-state index is 0.0871. The average molecular weight is 247 g/mol. The third kappa shape index (κ3) is 2.40. The Morgan fingerprint density at radius 2 is 2.28 bits per heavy atom. The molecule has 1 amide bonds. The Kier molecular flexibility index (Phi) is 3.41. The molecule has 0 saturated heterocycles. The van der Waals surface area contributed by atoms with Crippen molar-refractivity contribution >= 4 is 5.91 Å². The molecule has 0 aliphatic rings. The lowest BCUT2D eigenvalue weighted by Crippen LogP contribution is -2.27. The highest BCUT2D eigenvalue weighted by atomic mass is 19.1. The predicted octanol–water partition coefficient (Wildman–Crippen LogP) is 2.13. The van der Waals surface area contributed by atoms with E-state index in [0.29, 0.717) is 17.9 Å². The zero-order valence-corrected chi connectivity index (χ0v) is 10.3. The van der Waals surface area contributed by atoms with Crippen molar-refractivity contribution in [2.45, 2.75) is 13.5 Å². The summed E-state index contributed by atoms with van der Waals surface area (Å²) in [5.41, 5.74) is 0.552. The summed E-state index contributed by atoms with van der Waals surface area (Å²) < 4.78 is 13.8. The molecule has 0 radical (unpaired) electrons. The molecule has 0 spiro atoms. The van der Waals surface area contributed by atoms with Crippen molar-refractivity contribution in [3.8, 4) is 0 Å². The summed E-state index contributed by atoms with van der Waals surface area (Å²) in [7, 11) is 1.62. The molecule has 5 heteroatoms. The number of nitrogens with zero attached hydrogens (tertiary/aromatic N) is 2. The fourth-order valence-corrected chi connectivity index (χ4v) is 1.70. The number of hydrogen-bond acceptors (Lipinski definition) is 2. The lowest BCUT2D eigenvalue weighted by Gasteiger charge is -2.16. The van der Waals surface area contributed by atoms with Crippen LogP contribution >= 0.6 is 0 Å². The van der Waals surface area contributed by atoms with Crippen LogP contribution in [0.4, 0.5) is 4.39 Å². The molecule has 1 N–H and O–H groups in total. The van der Waals surface area contributed by atoms with Gasteiger partial charge >= 0.3 is 0 Å². The molecule has 0 atom stereocenters. The van der Waals surface area contributed by atoms with Crippen LogP contribution in [0.3, 0.4) is 0 Å². The standard InChI is InChI=1S/C13H14FN3O/c1-9-4-3-5-10(12(9)14)13(18)17(2)8-11-15-6-7-16-11/h3-7H,8H2,1-2H3,(H,15,16). The highest BCUT2D eigenvalue weighted by molar-refractivity contribution is 5.94. The van der Waals surface area contributed by atoms with Gasteiger partial charge in [0.25, 0.3) is 5.91 Å². The van der Waals surface area contributed by atoms with Gasteiger partial charge in [-0.2, -0.15) is 0 Å². The second-order valence-electron chi connectivity index (χ2n) is 4.13. The number of nitrogens with one attached hydrogen (secondary N) is 1. The van der Waals surface area contributed by atoms with Gasteiger partial charge in [0.2, 0.25) is 0 Å². The van der Waals surface area contributed by atoms with Crippen LogP contribution < -0.4 is 0 Å². The van der Waals surface area contributed by atoms with E-state index in [9.17, 15) is 9.18 Å². The summed E-state index contributed by atoms with van der Waals surface area (Å²) in [6.07, 6.45) is 3.29. The van der Waals surface area contributed by atoms with Gasteiger partial charge in [0.1, 0.15) is 11.6 Å². The molecular weight excluding hydrogens is 233 g/mol. The maximum absolute atomic E-state index is 13.8. The first kappa shape index (κ1) is 12.3. The van der Waals surface area contributed by atoms with Gasteiger partial charge in [-0.25, -0.2) is 9.37 Å². The number of imidazole rings is 1. The lowest BCUT2D eigenvalue weighted by atomic mass is 10.1. The number of aromatic nitrogens is 2. The topological polar surface area (TPSA) is 49.0 Å². The molecule has 0 aliphatic heterocycles. The van der Waals surface area contributed by atoms with Crippen molar-refractivity contribution in [1.29, 1.82) is 0 Å². The monoisotopic (exact) mass is 247 g/mol. The zero-order valence-electron chi connectivity index (χ0n) is 10.3. The second kappa shape index (κ2) is 5.00. The fraction of sp³-hybridized carbons (Fsp3) is 0.231. The van der Waals surface area contributed by atoms with Gasteiger partial charge in [-0.05, 0) is 18.6 Å². The van der Waals surface area contributed by atoms with E-state index >= 15 is 0 Å². The minimum Gasteiger partial charge on any atom is -0.347 e. The number of benzene rings is 1. The van der Waals surface area contributed by atoms with Gasteiger partial charge in [-0.15, -0.1) is 0 Å². The minimum atomic E-state index is -0.464. The number of aryl methyl sites for hydroxylation is 1. The zero-order chi connectivity index (χ0) is 13.1. The fourth-order valence-electron chi connectivity index (χ4n) is 1.70. The summed E-state index contributed by atoms with van der Waals surface area (Å²) in [4.78, 5) is 20.4. The average Bonchev–Trinajstić information content (AvgIpc) is 2.84. The van der Waals surface area contributed by atoms with Crippen LogP contribution in [0.15, 0.2) is 30.6 Å². The number of amides is 1. The van der Waals surface area contributed by atoms with Crippen molar-refractivity contribution in [3.63, 3.8) is 0 Å². The Hall–Kier alpha value is -2.17. The summed E-state index contributed by atoms with van der Waals surface area (Å²) in [6.45, 7) is 1.96. The van der Waals surface area contributed by atoms with Crippen LogP contribution in [-0.4, -0.2) is 27.8 Å². The van der Waals surface area contributed by atoms with Crippen LogP contribution in [-0.2, 0) is 6.54 Å². The number of aromatic amines is 1. The van der Waals surface area contributed by atoms with E-state index in [0.717, 1.165) is 0 Å². The summed E-state index contributed by atoms with van der Waals surface area (Å²) >= 11 is 0. The van der Waals surface area contributed by atoms with E-state index in [2.05, 4.69) is 9.97 Å². The van der Waals surface area contributed by atoms with E-state index in [-0.39, 0.29) is 11.5 Å². The number of carbonyl (C=O) groups excluding carboxylic acids is 1. The molecule has 0 unspecified atom stereocenters.